The molecule has 8 heteroatoms. The highest BCUT2D eigenvalue weighted by Gasteiger charge is 2.30. The number of aliphatic hydroxyl groups excluding tert-OH is 1. The molecule has 1 heterocycles. The lowest BCUT2D eigenvalue weighted by atomic mass is 9.99. The van der Waals surface area contributed by atoms with Crippen molar-refractivity contribution in [3.05, 3.63) is 99.6 Å². The number of carbonyl (C=O) groups is 1. The summed E-state index contributed by atoms with van der Waals surface area (Å²) in [6.45, 7) is 0. The van der Waals surface area contributed by atoms with Crippen LogP contribution in [-0.2, 0) is 16.0 Å². The summed E-state index contributed by atoms with van der Waals surface area (Å²) in [6.07, 6.45) is -0.878. The number of hydrogen-bond donors (Lipinski definition) is 3. The number of carbonyl (C=O) groups excluding carboxylic acids is 1. The van der Waals surface area contributed by atoms with Crippen molar-refractivity contribution in [2.45, 2.75) is 12.6 Å². The minimum absolute atomic E-state index is 0.0586. The van der Waals surface area contributed by atoms with Crippen LogP contribution in [0.5, 0.6) is 0 Å². The van der Waals surface area contributed by atoms with E-state index in [2.05, 4.69) is 10.6 Å². The highest BCUT2D eigenvalue weighted by Crippen LogP contribution is 2.41. The molecule has 0 saturated carbocycles. The first-order valence-electron chi connectivity index (χ1n) is 9.92. The third-order valence-electron chi connectivity index (χ3n) is 5.20. The number of esters is 1. The Morgan fingerprint density at radius 1 is 1.12 bits per heavy atom. The summed E-state index contributed by atoms with van der Waals surface area (Å²) >= 11 is 0. The van der Waals surface area contributed by atoms with Gasteiger partial charge in [-0.3, -0.25) is 14.9 Å². The minimum Gasteiger partial charge on any atom is -0.469 e. The Bertz CT molecular complexity index is 1190. The van der Waals surface area contributed by atoms with E-state index in [9.17, 15) is 20.0 Å². The van der Waals surface area contributed by atoms with Crippen LogP contribution in [0.3, 0.4) is 0 Å². The molecule has 0 aliphatic carbocycles. The molecule has 0 bridgehead atoms. The molecule has 3 aromatic rings. The third-order valence-corrected chi connectivity index (χ3v) is 5.20. The highest BCUT2D eigenvalue weighted by molar-refractivity contribution is 6.03. The van der Waals surface area contributed by atoms with E-state index in [4.69, 9.17) is 4.74 Å². The topological polar surface area (TPSA) is 114 Å². The second kappa shape index (κ2) is 8.91. The summed E-state index contributed by atoms with van der Waals surface area (Å²) < 4.78 is 4.70. The van der Waals surface area contributed by atoms with Gasteiger partial charge in [0.1, 0.15) is 0 Å². The number of methoxy groups -OCH3 is 1. The van der Waals surface area contributed by atoms with E-state index < -0.39 is 11.2 Å². The summed E-state index contributed by atoms with van der Waals surface area (Å²) in [7, 11) is 1.35. The van der Waals surface area contributed by atoms with Crippen LogP contribution in [0.15, 0.2) is 72.8 Å². The number of non-ortho nitro benzene ring substituents is 1. The van der Waals surface area contributed by atoms with Crippen LogP contribution >= 0.6 is 0 Å². The molecular weight excluding hydrogens is 410 g/mol. The Morgan fingerprint density at radius 2 is 1.84 bits per heavy atom. The van der Waals surface area contributed by atoms with Crippen molar-refractivity contribution in [2.75, 3.05) is 17.7 Å². The van der Waals surface area contributed by atoms with Crippen molar-refractivity contribution < 1.29 is 19.6 Å². The Morgan fingerprint density at radius 3 is 2.50 bits per heavy atom. The van der Waals surface area contributed by atoms with E-state index >= 15 is 0 Å². The summed E-state index contributed by atoms with van der Waals surface area (Å²) in [5.41, 5.74) is 4.58. The molecule has 1 unspecified atom stereocenters. The molecule has 3 N–H and O–H groups in total. The molecular formula is C24H21N3O5. The van der Waals surface area contributed by atoms with Gasteiger partial charge in [-0.05, 0) is 29.3 Å². The van der Waals surface area contributed by atoms with Gasteiger partial charge in [-0.25, -0.2) is 0 Å². The van der Waals surface area contributed by atoms with Crippen molar-refractivity contribution in [1.29, 1.82) is 0 Å². The number of rotatable bonds is 6. The van der Waals surface area contributed by atoms with Crippen LogP contribution in [0, 0.1) is 10.1 Å². The zero-order valence-corrected chi connectivity index (χ0v) is 17.2. The van der Waals surface area contributed by atoms with Crippen LogP contribution in [0.4, 0.5) is 17.1 Å². The summed E-state index contributed by atoms with van der Waals surface area (Å²) in [5, 5.41) is 28.4. The number of nitrogens with zero attached hydrogens (tertiary/aromatic N) is 1. The van der Waals surface area contributed by atoms with Crippen LogP contribution in [0.1, 0.15) is 16.7 Å². The standard InChI is InChI=1S/C24H21N3O5/c1-32-21(28)13-15-7-9-17(10-8-15)25-23(16-5-3-2-4-6-16)22-19-14-18(27(30)31)11-12-20(19)26-24(22)29/h2-12,14,24-26,29H,13H2,1H3/b23-22-. The maximum absolute atomic E-state index is 11.5. The third kappa shape index (κ3) is 4.30. The van der Waals surface area contributed by atoms with E-state index in [1.807, 2.05) is 54.6 Å². The average Bonchev–Trinajstić information content (AvgIpc) is 3.13. The number of anilines is 2. The highest BCUT2D eigenvalue weighted by atomic mass is 16.6. The Kier molecular flexibility index (Phi) is 5.87. The van der Waals surface area contributed by atoms with Gasteiger partial charge in [0.2, 0.25) is 0 Å². The van der Waals surface area contributed by atoms with E-state index in [1.54, 1.807) is 6.07 Å². The predicted molar refractivity (Wildman–Crippen MR) is 122 cm³/mol. The second-order valence-electron chi connectivity index (χ2n) is 7.26. The second-order valence-corrected chi connectivity index (χ2v) is 7.26. The van der Waals surface area contributed by atoms with Crippen molar-refractivity contribution in [2.24, 2.45) is 0 Å². The number of nitro groups is 1. The molecule has 0 amide bonds. The van der Waals surface area contributed by atoms with Gasteiger partial charge in [-0.2, -0.15) is 0 Å². The SMILES string of the molecule is COC(=O)Cc1ccc(N/C(=C2/c3cc([N+](=O)[O-])ccc3NC2O)c2ccccc2)cc1. The van der Waals surface area contributed by atoms with Crippen molar-refractivity contribution >= 4 is 34.3 Å². The van der Waals surface area contributed by atoms with Crippen molar-refractivity contribution in [3.8, 4) is 0 Å². The Hall–Kier alpha value is -4.17. The molecule has 32 heavy (non-hydrogen) atoms. The predicted octanol–water partition coefficient (Wildman–Crippen LogP) is 4.03. The molecule has 162 valence electrons. The molecule has 1 atom stereocenters. The Labute approximate surface area is 184 Å². The van der Waals surface area contributed by atoms with E-state index in [0.29, 0.717) is 22.5 Å². The number of benzene rings is 3. The lowest BCUT2D eigenvalue weighted by molar-refractivity contribution is -0.384. The number of nitrogens with one attached hydrogen (secondary N) is 2. The first kappa shape index (κ1) is 21.1. The molecule has 0 fully saturated rings. The van der Waals surface area contributed by atoms with Crippen molar-refractivity contribution in [1.82, 2.24) is 0 Å². The number of ether oxygens (including phenoxy) is 1. The molecule has 0 saturated heterocycles. The van der Waals surface area contributed by atoms with Gasteiger partial charge in [-0.15, -0.1) is 0 Å². The monoisotopic (exact) mass is 431 g/mol. The molecule has 0 aromatic heterocycles. The van der Waals surface area contributed by atoms with E-state index in [-0.39, 0.29) is 18.1 Å². The van der Waals surface area contributed by atoms with Gasteiger partial charge in [0.15, 0.2) is 6.23 Å². The number of aliphatic hydroxyl groups is 1. The van der Waals surface area contributed by atoms with Crippen LogP contribution in [0.2, 0.25) is 0 Å². The fourth-order valence-electron chi connectivity index (χ4n) is 3.62. The fourth-order valence-corrected chi connectivity index (χ4v) is 3.62. The molecule has 3 aromatic carbocycles. The van der Waals surface area contributed by atoms with Gasteiger partial charge in [-0.1, -0.05) is 42.5 Å². The Balaban J connectivity index is 1.78. The maximum Gasteiger partial charge on any atom is 0.309 e. The van der Waals surface area contributed by atoms with Crippen molar-refractivity contribution in [3.63, 3.8) is 0 Å². The van der Waals surface area contributed by atoms with E-state index in [1.165, 1.54) is 19.2 Å². The number of nitro benzene ring substituents is 1. The van der Waals surface area contributed by atoms with E-state index in [0.717, 1.165) is 16.8 Å². The fraction of sp³-hybridized carbons (Fsp3) is 0.125. The number of hydrogen-bond acceptors (Lipinski definition) is 7. The zero-order chi connectivity index (χ0) is 22.7. The average molecular weight is 431 g/mol. The largest absolute Gasteiger partial charge is 0.469 e. The zero-order valence-electron chi connectivity index (χ0n) is 17.2. The molecule has 1 aliphatic rings. The lowest BCUT2D eigenvalue weighted by Crippen LogP contribution is -2.16. The first-order valence-corrected chi connectivity index (χ1v) is 9.92. The van der Waals surface area contributed by atoms with Gasteiger partial charge < -0.3 is 20.5 Å². The molecule has 4 rings (SSSR count). The summed E-state index contributed by atoms with van der Waals surface area (Å²) in [6, 6.07) is 21.1. The lowest BCUT2D eigenvalue weighted by Gasteiger charge is -2.18. The minimum atomic E-state index is -1.05. The van der Waals surface area contributed by atoms with Gasteiger partial charge in [0, 0.05) is 34.6 Å². The number of fused-ring (bicyclic) bond motifs is 1. The van der Waals surface area contributed by atoms with Crippen LogP contribution in [-0.4, -0.2) is 29.3 Å². The molecule has 0 spiro atoms. The van der Waals surface area contributed by atoms with Gasteiger partial charge in [0.25, 0.3) is 5.69 Å². The molecule has 0 radical (unpaired) electrons. The van der Waals surface area contributed by atoms with Crippen LogP contribution in [0.25, 0.3) is 11.3 Å². The van der Waals surface area contributed by atoms with Gasteiger partial charge >= 0.3 is 5.97 Å². The van der Waals surface area contributed by atoms with Gasteiger partial charge in [0.05, 0.1) is 24.2 Å². The molecule has 1 aliphatic heterocycles. The molecule has 8 nitrogen and oxygen atoms in total. The normalized spacial score (nSPS) is 16.0. The smallest absolute Gasteiger partial charge is 0.309 e. The maximum atomic E-state index is 11.5. The summed E-state index contributed by atoms with van der Waals surface area (Å²) in [4.78, 5) is 22.4. The summed E-state index contributed by atoms with van der Waals surface area (Å²) in [5.74, 6) is -0.323. The van der Waals surface area contributed by atoms with Crippen LogP contribution < -0.4 is 10.6 Å². The first-order chi connectivity index (χ1) is 15.5. The quantitative estimate of drug-likeness (QED) is 0.307.